The Morgan fingerprint density at radius 1 is 1.38 bits per heavy atom. The molecular weight excluding hydrogens is 243 g/mol. The quantitative estimate of drug-likeness (QED) is 0.717. The van der Waals surface area contributed by atoms with Crippen LogP contribution in [0.5, 0.6) is 5.75 Å². The average molecular weight is 261 g/mol. The van der Waals surface area contributed by atoms with E-state index < -0.39 is 0 Å². The molecule has 0 aliphatic heterocycles. The van der Waals surface area contributed by atoms with Crippen LogP contribution in [0, 0.1) is 0 Å². The van der Waals surface area contributed by atoms with Crippen LogP contribution < -0.4 is 4.74 Å². The topological polar surface area (TPSA) is 9.23 Å². The van der Waals surface area contributed by atoms with Crippen LogP contribution >= 0.6 is 23.2 Å². The van der Waals surface area contributed by atoms with Crippen molar-refractivity contribution in [1.29, 1.82) is 0 Å². The van der Waals surface area contributed by atoms with Crippen molar-refractivity contribution in [1.82, 2.24) is 0 Å². The molecule has 0 aliphatic carbocycles. The number of rotatable bonds is 4. The van der Waals surface area contributed by atoms with Crippen LogP contribution in [0.25, 0.3) is 0 Å². The van der Waals surface area contributed by atoms with Gasteiger partial charge in [-0.1, -0.05) is 25.4 Å². The summed E-state index contributed by atoms with van der Waals surface area (Å²) >= 11 is 12.1. The Balaban J connectivity index is 3.14. The maximum absolute atomic E-state index is 6.07. The van der Waals surface area contributed by atoms with Gasteiger partial charge in [0.2, 0.25) is 0 Å². The zero-order valence-corrected chi connectivity index (χ0v) is 11.7. The Morgan fingerprint density at radius 2 is 2.00 bits per heavy atom. The van der Waals surface area contributed by atoms with Gasteiger partial charge in [-0.3, -0.25) is 0 Å². The second-order valence-corrected chi connectivity index (χ2v) is 5.89. The smallest absolute Gasteiger partial charge is 0.122 e. The van der Waals surface area contributed by atoms with Crippen LogP contribution in [0.15, 0.2) is 18.2 Å². The van der Waals surface area contributed by atoms with Gasteiger partial charge in [0.15, 0.2) is 0 Å². The highest BCUT2D eigenvalue weighted by Gasteiger charge is 2.26. The number of hydrogen-bond acceptors (Lipinski definition) is 1. The fourth-order valence-electron chi connectivity index (χ4n) is 2.02. The van der Waals surface area contributed by atoms with Gasteiger partial charge in [0.1, 0.15) is 5.75 Å². The molecule has 0 radical (unpaired) electrons. The molecular formula is C13H18Cl2O. The maximum Gasteiger partial charge on any atom is 0.122 e. The summed E-state index contributed by atoms with van der Waals surface area (Å²) in [6.45, 7) is 6.31. The van der Waals surface area contributed by atoms with Crippen molar-refractivity contribution in [2.75, 3.05) is 7.11 Å². The third-order valence-electron chi connectivity index (χ3n) is 2.68. The number of benzene rings is 1. The van der Waals surface area contributed by atoms with Gasteiger partial charge in [-0.25, -0.2) is 0 Å². The van der Waals surface area contributed by atoms with Crippen LogP contribution in [0.2, 0.25) is 5.02 Å². The predicted octanol–water partition coefficient (Wildman–Crippen LogP) is 4.64. The standard InChI is InChI=1S/C13H18Cl2O/c1-9(14)8-13(2,3)11-7-10(15)5-6-12(11)16-4/h5-7,9H,8H2,1-4H3. The molecule has 0 fully saturated rings. The molecule has 1 aromatic carbocycles. The molecule has 16 heavy (non-hydrogen) atoms. The van der Waals surface area contributed by atoms with Crippen molar-refractivity contribution < 1.29 is 4.74 Å². The fraction of sp³-hybridized carbons (Fsp3) is 0.538. The molecule has 0 saturated heterocycles. The summed E-state index contributed by atoms with van der Waals surface area (Å²) in [4.78, 5) is 0. The van der Waals surface area contributed by atoms with Crippen LogP contribution in [-0.2, 0) is 5.41 Å². The van der Waals surface area contributed by atoms with Crippen LogP contribution in [0.3, 0.4) is 0 Å². The first-order chi connectivity index (χ1) is 7.36. The molecule has 3 heteroatoms. The largest absolute Gasteiger partial charge is 0.496 e. The van der Waals surface area contributed by atoms with E-state index in [1.807, 2.05) is 25.1 Å². The molecule has 0 heterocycles. The summed E-state index contributed by atoms with van der Waals surface area (Å²) < 4.78 is 5.37. The Hall–Kier alpha value is -0.400. The second-order valence-electron chi connectivity index (χ2n) is 4.71. The molecule has 0 N–H and O–H groups in total. The summed E-state index contributed by atoms with van der Waals surface area (Å²) in [5.74, 6) is 0.867. The molecule has 0 saturated carbocycles. The molecule has 1 atom stereocenters. The highest BCUT2D eigenvalue weighted by molar-refractivity contribution is 6.30. The van der Waals surface area contributed by atoms with E-state index in [9.17, 15) is 0 Å². The minimum absolute atomic E-state index is 0.0442. The lowest BCUT2D eigenvalue weighted by Gasteiger charge is -2.28. The predicted molar refractivity (Wildman–Crippen MR) is 71.0 cm³/mol. The molecule has 1 aromatic rings. The van der Waals surface area contributed by atoms with Crippen molar-refractivity contribution in [3.8, 4) is 5.75 Å². The summed E-state index contributed by atoms with van der Waals surface area (Å²) in [5, 5.41) is 0.852. The van der Waals surface area contributed by atoms with Crippen molar-refractivity contribution in [3.63, 3.8) is 0 Å². The Bertz CT molecular complexity index is 359. The number of ether oxygens (including phenoxy) is 1. The third-order valence-corrected chi connectivity index (χ3v) is 3.07. The lowest BCUT2D eigenvalue weighted by atomic mass is 9.80. The van der Waals surface area contributed by atoms with Gasteiger partial charge in [0, 0.05) is 16.0 Å². The lowest BCUT2D eigenvalue weighted by Crippen LogP contribution is -2.21. The van der Waals surface area contributed by atoms with Crippen molar-refractivity contribution in [2.24, 2.45) is 0 Å². The molecule has 0 amide bonds. The monoisotopic (exact) mass is 260 g/mol. The zero-order chi connectivity index (χ0) is 12.3. The van der Waals surface area contributed by atoms with E-state index in [4.69, 9.17) is 27.9 Å². The molecule has 0 bridgehead atoms. The van der Waals surface area contributed by atoms with Crippen molar-refractivity contribution >= 4 is 23.2 Å². The molecule has 0 spiro atoms. The molecule has 90 valence electrons. The van der Waals surface area contributed by atoms with E-state index in [1.165, 1.54) is 0 Å². The number of hydrogen-bond donors (Lipinski definition) is 0. The second kappa shape index (κ2) is 5.29. The Kier molecular flexibility index (Phi) is 4.52. The van der Waals surface area contributed by atoms with Gasteiger partial charge >= 0.3 is 0 Å². The highest BCUT2D eigenvalue weighted by atomic mass is 35.5. The molecule has 0 aromatic heterocycles. The number of halogens is 2. The first kappa shape index (κ1) is 13.7. The van der Waals surface area contributed by atoms with Gasteiger partial charge in [-0.2, -0.15) is 0 Å². The van der Waals surface area contributed by atoms with Crippen LogP contribution in [0.1, 0.15) is 32.8 Å². The highest BCUT2D eigenvalue weighted by Crippen LogP contribution is 2.37. The Morgan fingerprint density at radius 3 is 2.50 bits per heavy atom. The van der Waals surface area contributed by atoms with Gasteiger partial charge in [-0.05, 0) is 37.0 Å². The van der Waals surface area contributed by atoms with Crippen LogP contribution in [0.4, 0.5) is 0 Å². The average Bonchev–Trinajstić information content (AvgIpc) is 2.15. The summed E-state index contributed by atoms with van der Waals surface area (Å²) in [6, 6.07) is 5.70. The fourth-order valence-corrected chi connectivity index (χ4v) is 2.58. The molecule has 0 aliphatic rings. The van der Waals surface area contributed by atoms with E-state index in [0.29, 0.717) is 0 Å². The minimum atomic E-state index is -0.0442. The van der Waals surface area contributed by atoms with E-state index >= 15 is 0 Å². The molecule has 1 rings (SSSR count). The number of methoxy groups -OCH3 is 1. The first-order valence-electron chi connectivity index (χ1n) is 5.35. The minimum Gasteiger partial charge on any atom is -0.496 e. The van der Waals surface area contributed by atoms with E-state index in [2.05, 4.69) is 13.8 Å². The zero-order valence-electron chi connectivity index (χ0n) is 10.2. The van der Waals surface area contributed by atoms with E-state index in [1.54, 1.807) is 7.11 Å². The van der Waals surface area contributed by atoms with Gasteiger partial charge in [0.25, 0.3) is 0 Å². The van der Waals surface area contributed by atoms with Crippen molar-refractivity contribution in [3.05, 3.63) is 28.8 Å². The summed E-state index contributed by atoms with van der Waals surface area (Å²) in [5.41, 5.74) is 1.06. The van der Waals surface area contributed by atoms with E-state index in [-0.39, 0.29) is 10.8 Å². The normalized spacial score (nSPS) is 13.6. The van der Waals surface area contributed by atoms with Crippen LogP contribution in [-0.4, -0.2) is 12.5 Å². The summed E-state index contributed by atoms with van der Waals surface area (Å²) in [7, 11) is 1.67. The SMILES string of the molecule is COc1ccc(Cl)cc1C(C)(C)CC(C)Cl. The maximum atomic E-state index is 6.07. The summed E-state index contributed by atoms with van der Waals surface area (Å²) in [6.07, 6.45) is 0.880. The Labute approximate surface area is 108 Å². The van der Waals surface area contributed by atoms with Gasteiger partial charge < -0.3 is 4.74 Å². The first-order valence-corrected chi connectivity index (χ1v) is 6.16. The third kappa shape index (κ3) is 3.29. The van der Waals surface area contributed by atoms with Gasteiger partial charge in [0.05, 0.1) is 7.11 Å². The van der Waals surface area contributed by atoms with E-state index in [0.717, 1.165) is 22.8 Å². The number of alkyl halides is 1. The van der Waals surface area contributed by atoms with Gasteiger partial charge in [-0.15, -0.1) is 11.6 Å². The molecule has 1 unspecified atom stereocenters. The lowest BCUT2D eigenvalue weighted by molar-refractivity contribution is 0.385. The van der Waals surface area contributed by atoms with Crippen molar-refractivity contribution in [2.45, 2.75) is 38.0 Å². The molecule has 1 nitrogen and oxygen atoms in total.